The molecule has 0 spiro atoms. The van der Waals surface area contributed by atoms with Gasteiger partial charge < -0.3 is 4.74 Å². The van der Waals surface area contributed by atoms with Gasteiger partial charge >= 0.3 is 18.3 Å². The van der Waals surface area contributed by atoms with Gasteiger partial charge in [0.1, 0.15) is 17.8 Å². The summed E-state index contributed by atoms with van der Waals surface area (Å²) in [5.74, 6) is -1.90. The Bertz CT molecular complexity index is 1280. The van der Waals surface area contributed by atoms with Crippen molar-refractivity contribution in [2.75, 3.05) is 11.6 Å². The molecule has 0 fully saturated rings. The molecule has 0 aliphatic heterocycles. The minimum Gasteiger partial charge on any atom is -0.466 e. The fourth-order valence-corrected chi connectivity index (χ4v) is 2.79. The molecule has 1 amide bonds. The van der Waals surface area contributed by atoms with Crippen molar-refractivity contribution in [3.8, 4) is 12.1 Å². The molecule has 8 nitrogen and oxygen atoms in total. The summed E-state index contributed by atoms with van der Waals surface area (Å²) < 4.78 is 84.1. The quantitative estimate of drug-likeness (QED) is 0.175. The lowest BCUT2D eigenvalue weighted by atomic mass is 10.1. The summed E-state index contributed by atoms with van der Waals surface area (Å²) in [6, 6.07) is 6.86. The molecule has 0 radical (unpaired) electrons. The maximum absolute atomic E-state index is 13.3. The molecule has 2 rings (SSSR count). The molecular weight excluding hydrogens is 508 g/mol. The number of halogens is 6. The highest BCUT2D eigenvalue weighted by Crippen LogP contribution is 2.36. The number of anilines is 1. The Balaban J connectivity index is 2.59. The largest absolute Gasteiger partial charge is 0.466 e. The molecule has 0 atom stereocenters. The van der Waals surface area contributed by atoms with E-state index in [0.29, 0.717) is 30.7 Å². The normalized spacial score (nSPS) is 11.6. The van der Waals surface area contributed by atoms with Gasteiger partial charge in [-0.3, -0.25) is 9.59 Å². The Labute approximate surface area is 206 Å². The van der Waals surface area contributed by atoms with Gasteiger partial charge in [0.15, 0.2) is 0 Å². The number of carbonyl (C=O) groups excluding carboxylic acids is 2. The zero-order chi connectivity index (χ0) is 27.8. The van der Waals surface area contributed by atoms with E-state index < -0.39 is 65.1 Å². The lowest BCUT2D eigenvalue weighted by Gasteiger charge is -2.19. The van der Waals surface area contributed by atoms with E-state index in [0.717, 1.165) is 12.1 Å². The first-order valence-corrected chi connectivity index (χ1v) is 10.4. The number of benzene rings is 2. The van der Waals surface area contributed by atoms with Gasteiger partial charge in [0.2, 0.25) is 5.91 Å². The van der Waals surface area contributed by atoms with Crippen molar-refractivity contribution in [1.29, 1.82) is 10.5 Å². The topological polar surface area (TPSA) is 119 Å². The lowest BCUT2D eigenvalue weighted by molar-refractivity contribution is -0.144. The first-order valence-electron chi connectivity index (χ1n) is 10.4. The zero-order valence-corrected chi connectivity index (χ0v) is 19.0. The first-order chi connectivity index (χ1) is 17.3. The van der Waals surface area contributed by atoms with Crippen LogP contribution in [0, 0.1) is 22.7 Å². The van der Waals surface area contributed by atoms with Crippen molar-refractivity contribution in [2.24, 2.45) is 10.3 Å². The average Bonchev–Trinajstić information content (AvgIpc) is 2.84. The lowest BCUT2D eigenvalue weighted by Crippen LogP contribution is -2.27. The second kappa shape index (κ2) is 12.0. The minimum atomic E-state index is -4.88. The summed E-state index contributed by atoms with van der Waals surface area (Å²) >= 11 is 0. The Morgan fingerprint density at radius 2 is 1.49 bits per heavy atom. The molecule has 0 aromatic heterocycles. The zero-order valence-electron chi connectivity index (χ0n) is 19.0. The smallest absolute Gasteiger partial charge is 0.416 e. The van der Waals surface area contributed by atoms with Gasteiger partial charge in [-0.25, -0.2) is 0 Å². The number of amides is 1. The molecule has 0 saturated carbocycles. The van der Waals surface area contributed by atoms with Crippen LogP contribution in [-0.2, 0) is 26.7 Å². The fraction of sp³-hybridized carbons (Fsp3) is 0.304. The molecule has 0 unspecified atom stereocenters. The maximum atomic E-state index is 13.3. The Hall–Kier alpha value is -4.46. The third-order valence-corrected chi connectivity index (χ3v) is 4.61. The van der Waals surface area contributed by atoms with Crippen LogP contribution < -0.4 is 5.01 Å². The molecule has 0 aliphatic rings. The van der Waals surface area contributed by atoms with Crippen LogP contribution in [0.5, 0.6) is 0 Å². The highest BCUT2D eigenvalue weighted by Gasteiger charge is 2.33. The van der Waals surface area contributed by atoms with Crippen LogP contribution in [0.25, 0.3) is 0 Å². The number of ether oxygens (including phenoxy) is 1. The summed E-state index contributed by atoms with van der Waals surface area (Å²) in [6.07, 6.45) is -10.3. The van der Waals surface area contributed by atoms with E-state index in [1.165, 1.54) is 0 Å². The van der Waals surface area contributed by atoms with Crippen LogP contribution in [-0.4, -0.2) is 18.5 Å². The number of esters is 1. The second-order valence-corrected chi connectivity index (χ2v) is 7.30. The molecule has 0 heterocycles. The van der Waals surface area contributed by atoms with Gasteiger partial charge in [-0.15, -0.1) is 5.11 Å². The van der Waals surface area contributed by atoms with E-state index >= 15 is 0 Å². The van der Waals surface area contributed by atoms with E-state index in [1.807, 2.05) is 0 Å². The van der Waals surface area contributed by atoms with E-state index in [1.54, 1.807) is 19.1 Å². The molecule has 194 valence electrons. The summed E-state index contributed by atoms with van der Waals surface area (Å²) in [5.41, 5.74) is -4.60. The number of hydrogen-bond acceptors (Lipinski definition) is 7. The van der Waals surface area contributed by atoms with Gasteiger partial charge in [0.25, 0.3) is 0 Å². The second-order valence-electron chi connectivity index (χ2n) is 7.30. The van der Waals surface area contributed by atoms with E-state index in [4.69, 9.17) is 4.74 Å². The molecule has 37 heavy (non-hydrogen) atoms. The Morgan fingerprint density at radius 1 is 0.919 bits per heavy atom. The highest BCUT2D eigenvalue weighted by atomic mass is 19.4. The minimum absolute atomic E-state index is 0.0646. The van der Waals surface area contributed by atoms with Gasteiger partial charge in [0, 0.05) is 6.42 Å². The molecule has 0 N–H and O–H groups in total. The summed E-state index contributed by atoms with van der Waals surface area (Å²) in [7, 11) is 0. The predicted molar refractivity (Wildman–Crippen MR) is 115 cm³/mol. The van der Waals surface area contributed by atoms with Crippen molar-refractivity contribution in [2.45, 2.75) is 38.5 Å². The number of alkyl halides is 6. The number of nitriles is 2. The van der Waals surface area contributed by atoms with E-state index in [-0.39, 0.29) is 17.2 Å². The van der Waals surface area contributed by atoms with Crippen molar-refractivity contribution in [3.05, 3.63) is 58.7 Å². The maximum Gasteiger partial charge on any atom is 0.416 e. The third kappa shape index (κ3) is 7.76. The van der Waals surface area contributed by atoms with Gasteiger partial charge in [-0.2, -0.15) is 41.9 Å². The summed E-state index contributed by atoms with van der Waals surface area (Å²) in [4.78, 5) is 24.7. The van der Waals surface area contributed by atoms with Crippen LogP contribution in [0.2, 0.25) is 0 Å². The van der Waals surface area contributed by atoms with Crippen LogP contribution in [0.4, 0.5) is 37.7 Å². The predicted octanol–water partition coefficient (Wildman–Crippen LogP) is 6.23. The SMILES string of the molecule is CCCOC(=O)CCC(=O)N(/N=N/c1cc(C(F)(F)F)ccc1C#N)c1cc(C(F)(F)F)ccc1C#N. The van der Waals surface area contributed by atoms with Gasteiger partial charge in [-0.1, -0.05) is 12.1 Å². The van der Waals surface area contributed by atoms with Crippen LogP contribution in [0.1, 0.15) is 48.4 Å². The van der Waals surface area contributed by atoms with Crippen molar-refractivity contribution in [1.82, 2.24) is 0 Å². The van der Waals surface area contributed by atoms with Gasteiger partial charge in [-0.05, 0) is 42.8 Å². The van der Waals surface area contributed by atoms with Crippen molar-refractivity contribution >= 4 is 23.3 Å². The first kappa shape index (κ1) is 28.8. The third-order valence-electron chi connectivity index (χ3n) is 4.61. The average molecular weight is 525 g/mol. The van der Waals surface area contributed by atoms with Crippen LogP contribution in [0.15, 0.2) is 46.7 Å². The van der Waals surface area contributed by atoms with Gasteiger partial charge in [0.05, 0.1) is 41.0 Å². The van der Waals surface area contributed by atoms with Crippen molar-refractivity contribution < 1.29 is 40.7 Å². The Kier molecular flexibility index (Phi) is 9.32. The molecular formula is C23H17F6N5O3. The van der Waals surface area contributed by atoms with Crippen molar-refractivity contribution in [3.63, 3.8) is 0 Å². The van der Waals surface area contributed by atoms with E-state index in [9.17, 15) is 46.5 Å². The number of rotatable bonds is 8. The molecule has 2 aromatic rings. The summed E-state index contributed by atoms with van der Waals surface area (Å²) in [6.45, 7) is 1.79. The summed E-state index contributed by atoms with van der Waals surface area (Å²) in [5, 5.41) is 25.8. The highest BCUT2D eigenvalue weighted by molar-refractivity contribution is 5.95. The molecule has 14 heteroatoms. The fourth-order valence-electron chi connectivity index (χ4n) is 2.79. The standard InChI is InChI=1S/C23H17F6N5O3/c1-2-9-37-21(36)8-7-20(35)34(19-11-17(23(27,28)29)6-4-15(19)13-31)33-32-18-10-16(22(24,25)26)5-3-14(18)12-30/h3-6,10-11H,2,7-9H2,1H3/b33-32+. The van der Waals surface area contributed by atoms with Crippen LogP contribution >= 0.6 is 0 Å². The van der Waals surface area contributed by atoms with E-state index in [2.05, 4.69) is 10.3 Å². The number of hydrogen-bond donors (Lipinski definition) is 0. The molecule has 0 saturated heterocycles. The number of carbonyl (C=O) groups is 2. The van der Waals surface area contributed by atoms with Crippen LogP contribution in [0.3, 0.4) is 0 Å². The number of nitrogens with zero attached hydrogens (tertiary/aromatic N) is 5. The molecule has 0 bridgehead atoms. The molecule has 0 aliphatic carbocycles. The Morgan fingerprint density at radius 3 is 2.03 bits per heavy atom. The molecule has 2 aromatic carbocycles. The monoisotopic (exact) mass is 525 g/mol.